The Kier molecular flexibility index (Phi) is 3.57. The minimum Gasteiger partial charge on any atom is -0.489 e. The number of pyridine rings is 1. The second-order valence-electron chi connectivity index (χ2n) is 3.64. The quantitative estimate of drug-likeness (QED) is 0.839. The molecule has 1 heterocycles. The third-order valence-corrected chi connectivity index (χ3v) is 2.40. The van der Waals surface area contributed by atoms with Gasteiger partial charge in [0.2, 0.25) is 0 Å². The number of rotatable bonds is 4. The largest absolute Gasteiger partial charge is 0.489 e. The van der Waals surface area contributed by atoms with Crippen molar-refractivity contribution in [1.29, 1.82) is 0 Å². The van der Waals surface area contributed by atoms with Gasteiger partial charge in [-0.05, 0) is 23.8 Å². The zero-order valence-electron chi connectivity index (χ0n) is 9.34. The standard InChI is InChI=1S/C13H14N2O2/c14-13-11(4-2-6-15-13)9-17-12-5-1-3-10(7-12)8-16/h1-7,16H,8-9H2,(H2,14,15). The number of anilines is 1. The van der Waals surface area contributed by atoms with Crippen LogP contribution in [0, 0.1) is 0 Å². The molecule has 0 spiro atoms. The van der Waals surface area contributed by atoms with E-state index in [1.165, 1.54) is 0 Å². The summed E-state index contributed by atoms with van der Waals surface area (Å²) in [5.74, 6) is 1.19. The summed E-state index contributed by atoms with van der Waals surface area (Å²) in [5.41, 5.74) is 7.38. The van der Waals surface area contributed by atoms with E-state index in [2.05, 4.69) is 4.98 Å². The second-order valence-corrected chi connectivity index (χ2v) is 3.64. The molecule has 0 unspecified atom stereocenters. The predicted octanol–water partition coefficient (Wildman–Crippen LogP) is 1.74. The van der Waals surface area contributed by atoms with E-state index in [4.69, 9.17) is 15.6 Å². The first-order valence-corrected chi connectivity index (χ1v) is 5.31. The van der Waals surface area contributed by atoms with Crippen LogP contribution in [0.4, 0.5) is 5.82 Å². The van der Waals surface area contributed by atoms with E-state index >= 15 is 0 Å². The van der Waals surface area contributed by atoms with E-state index in [0.29, 0.717) is 18.2 Å². The third-order valence-electron chi connectivity index (χ3n) is 2.40. The molecule has 0 aliphatic heterocycles. The van der Waals surface area contributed by atoms with Crippen LogP contribution in [0.2, 0.25) is 0 Å². The first-order valence-electron chi connectivity index (χ1n) is 5.31. The number of nitrogen functional groups attached to an aromatic ring is 1. The highest BCUT2D eigenvalue weighted by atomic mass is 16.5. The number of nitrogens with two attached hydrogens (primary N) is 1. The van der Waals surface area contributed by atoms with Gasteiger partial charge in [0.1, 0.15) is 18.2 Å². The van der Waals surface area contributed by atoms with Crippen LogP contribution in [0.25, 0.3) is 0 Å². The maximum Gasteiger partial charge on any atom is 0.129 e. The molecule has 0 aliphatic rings. The molecule has 2 aromatic rings. The molecule has 0 amide bonds. The Bertz CT molecular complexity index is 500. The highest BCUT2D eigenvalue weighted by Gasteiger charge is 2.01. The normalized spacial score (nSPS) is 10.2. The van der Waals surface area contributed by atoms with Crippen LogP contribution in [-0.2, 0) is 13.2 Å². The molecule has 0 aliphatic carbocycles. The molecule has 88 valence electrons. The van der Waals surface area contributed by atoms with Gasteiger partial charge in [-0.15, -0.1) is 0 Å². The number of aromatic nitrogens is 1. The molecule has 0 saturated heterocycles. The van der Waals surface area contributed by atoms with Crippen LogP contribution in [-0.4, -0.2) is 10.1 Å². The molecule has 0 atom stereocenters. The average molecular weight is 230 g/mol. The second kappa shape index (κ2) is 5.32. The topological polar surface area (TPSA) is 68.4 Å². The molecular formula is C13H14N2O2. The molecule has 1 aromatic carbocycles. The Morgan fingerprint density at radius 3 is 2.88 bits per heavy atom. The molecule has 1 aromatic heterocycles. The molecule has 0 saturated carbocycles. The van der Waals surface area contributed by atoms with Crippen LogP contribution in [0.15, 0.2) is 42.6 Å². The summed E-state index contributed by atoms with van der Waals surface area (Å²) in [6, 6.07) is 11.0. The lowest BCUT2D eigenvalue weighted by atomic mass is 10.2. The average Bonchev–Trinajstić information content (AvgIpc) is 2.38. The summed E-state index contributed by atoms with van der Waals surface area (Å²) in [5, 5.41) is 9.01. The van der Waals surface area contributed by atoms with E-state index in [9.17, 15) is 0 Å². The Morgan fingerprint density at radius 1 is 1.24 bits per heavy atom. The maximum atomic E-state index is 9.01. The van der Waals surface area contributed by atoms with Gasteiger partial charge in [0, 0.05) is 11.8 Å². The van der Waals surface area contributed by atoms with Crippen LogP contribution in [0.5, 0.6) is 5.75 Å². The van der Waals surface area contributed by atoms with Crippen molar-refractivity contribution in [2.45, 2.75) is 13.2 Å². The number of hydrogen-bond acceptors (Lipinski definition) is 4. The van der Waals surface area contributed by atoms with Gasteiger partial charge in [0.15, 0.2) is 0 Å². The van der Waals surface area contributed by atoms with Gasteiger partial charge in [-0.3, -0.25) is 0 Å². The molecule has 3 N–H and O–H groups in total. The van der Waals surface area contributed by atoms with E-state index in [0.717, 1.165) is 11.1 Å². The maximum absolute atomic E-state index is 9.01. The van der Waals surface area contributed by atoms with Gasteiger partial charge in [0.25, 0.3) is 0 Å². The lowest BCUT2D eigenvalue weighted by Crippen LogP contribution is -2.01. The zero-order chi connectivity index (χ0) is 12.1. The van der Waals surface area contributed by atoms with Gasteiger partial charge < -0.3 is 15.6 Å². The SMILES string of the molecule is Nc1ncccc1COc1cccc(CO)c1. The van der Waals surface area contributed by atoms with Crippen molar-refractivity contribution in [3.05, 3.63) is 53.7 Å². The molecule has 2 rings (SSSR count). The minimum absolute atomic E-state index is 0.00618. The highest BCUT2D eigenvalue weighted by molar-refractivity contribution is 5.38. The van der Waals surface area contributed by atoms with Crippen molar-refractivity contribution in [2.75, 3.05) is 5.73 Å². The third kappa shape index (κ3) is 2.95. The number of aliphatic hydroxyl groups is 1. The number of hydrogen-bond donors (Lipinski definition) is 2. The fourth-order valence-corrected chi connectivity index (χ4v) is 1.47. The number of benzene rings is 1. The number of aliphatic hydroxyl groups excluding tert-OH is 1. The monoisotopic (exact) mass is 230 g/mol. The Labute approximate surface area is 99.7 Å². The number of ether oxygens (including phenoxy) is 1. The van der Waals surface area contributed by atoms with E-state index < -0.39 is 0 Å². The molecule has 17 heavy (non-hydrogen) atoms. The predicted molar refractivity (Wildman–Crippen MR) is 65.3 cm³/mol. The van der Waals surface area contributed by atoms with Crippen molar-refractivity contribution >= 4 is 5.82 Å². The van der Waals surface area contributed by atoms with Crippen molar-refractivity contribution in [1.82, 2.24) is 4.98 Å². The Balaban J connectivity index is 2.05. The summed E-state index contributed by atoms with van der Waals surface area (Å²) >= 11 is 0. The van der Waals surface area contributed by atoms with Crippen LogP contribution in [0.1, 0.15) is 11.1 Å². The molecule has 0 fully saturated rings. The first-order chi connectivity index (χ1) is 8.29. The van der Waals surface area contributed by atoms with Gasteiger partial charge in [0.05, 0.1) is 6.61 Å². The summed E-state index contributed by atoms with van der Waals surface area (Å²) in [7, 11) is 0. The lowest BCUT2D eigenvalue weighted by molar-refractivity contribution is 0.278. The highest BCUT2D eigenvalue weighted by Crippen LogP contribution is 2.16. The molecule has 0 radical (unpaired) electrons. The van der Waals surface area contributed by atoms with E-state index in [-0.39, 0.29) is 6.61 Å². The fourth-order valence-electron chi connectivity index (χ4n) is 1.47. The van der Waals surface area contributed by atoms with Crippen LogP contribution < -0.4 is 10.5 Å². The summed E-state index contributed by atoms with van der Waals surface area (Å²) in [6.45, 7) is 0.376. The van der Waals surface area contributed by atoms with Gasteiger partial charge >= 0.3 is 0 Å². The summed E-state index contributed by atoms with van der Waals surface area (Å²) in [6.07, 6.45) is 1.64. The number of nitrogens with zero attached hydrogens (tertiary/aromatic N) is 1. The van der Waals surface area contributed by atoms with Gasteiger partial charge in [-0.25, -0.2) is 4.98 Å². The van der Waals surface area contributed by atoms with E-state index in [1.807, 2.05) is 30.3 Å². The minimum atomic E-state index is 0.00618. The molecular weight excluding hydrogens is 216 g/mol. The summed E-state index contributed by atoms with van der Waals surface area (Å²) < 4.78 is 5.58. The van der Waals surface area contributed by atoms with E-state index in [1.54, 1.807) is 12.3 Å². The smallest absolute Gasteiger partial charge is 0.129 e. The Morgan fingerprint density at radius 2 is 2.12 bits per heavy atom. The van der Waals surface area contributed by atoms with Crippen LogP contribution in [0.3, 0.4) is 0 Å². The fraction of sp³-hybridized carbons (Fsp3) is 0.154. The van der Waals surface area contributed by atoms with Crippen molar-refractivity contribution < 1.29 is 9.84 Å². The van der Waals surface area contributed by atoms with Gasteiger partial charge in [-0.1, -0.05) is 18.2 Å². The molecule has 4 heteroatoms. The molecule has 4 nitrogen and oxygen atoms in total. The zero-order valence-corrected chi connectivity index (χ0v) is 9.34. The van der Waals surface area contributed by atoms with Gasteiger partial charge in [-0.2, -0.15) is 0 Å². The van der Waals surface area contributed by atoms with Crippen molar-refractivity contribution in [2.24, 2.45) is 0 Å². The summed E-state index contributed by atoms with van der Waals surface area (Å²) in [4.78, 5) is 3.98. The molecule has 0 bridgehead atoms. The Hall–Kier alpha value is -2.07. The van der Waals surface area contributed by atoms with Crippen LogP contribution >= 0.6 is 0 Å². The van der Waals surface area contributed by atoms with Crippen molar-refractivity contribution in [3.8, 4) is 5.75 Å². The first kappa shape index (κ1) is 11.4. The lowest BCUT2D eigenvalue weighted by Gasteiger charge is -2.08. The van der Waals surface area contributed by atoms with Crippen molar-refractivity contribution in [3.63, 3.8) is 0 Å².